The second-order valence-corrected chi connectivity index (χ2v) is 5.21. The molecule has 0 bridgehead atoms. The van der Waals surface area contributed by atoms with Gasteiger partial charge in [-0.15, -0.1) is 0 Å². The molecule has 0 atom stereocenters. The second-order valence-electron chi connectivity index (χ2n) is 5.21. The average molecular weight is 286 g/mol. The Morgan fingerprint density at radius 2 is 1.64 bits per heavy atom. The Kier molecular flexibility index (Phi) is 2.90. The van der Waals surface area contributed by atoms with Crippen molar-refractivity contribution in [3.05, 3.63) is 73.1 Å². The molecule has 0 spiro atoms. The van der Waals surface area contributed by atoms with Gasteiger partial charge in [-0.3, -0.25) is 4.98 Å². The van der Waals surface area contributed by atoms with Crippen LogP contribution in [-0.2, 0) is 0 Å². The Bertz CT molecular complexity index is 925. The van der Waals surface area contributed by atoms with Crippen molar-refractivity contribution in [3.63, 3.8) is 0 Å². The standard InChI is InChI=1S/C19H14N2O/c22-15-9-7-13(8-10-15)18-16-5-1-2-6-17(16)21-19(18)14-4-3-11-20-12-14/h1-12,21-22H. The van der Waals surface area contributed by atoms with E-state index < -0.39 is 0 Å². The molecule has 2 heterocycles. The molecule has 0 aliphatic carbocycles. The summed E-state index contributed by atoms with van der Waals surface area (Å²) in [5, 5.41) is 10.7. The molecule has 4 aromatic rings. The number of phenolic OH excluding ortho intramolecular Hbond substituents is 1. The van der Waals surface area contributed by atoms with Gasteiger partial charge in [0, 0.05) is 34.4 Å². The molecule has 0 radical (unpaired) electrons. The van der Waals surface area contributed by atoms with Crippen LogP contribution in [0, 0.1) is 0 Å². The van der Waals surface area contributed by atoms with Gasteiger partial charge >= 0.3 is 0 Å². The number of H-pyrrole nitrogens is 1. The van der Waals surface area contributed by atoms with Crippen molar-refractivity contribution in [1.82, 2.24) is 9.97 Å². The van der Waals surface area contributed by atoms with Gasteiger partial charge in [0.05, 0.1) is 5.69 Å². The van der Waals surface area contributed by atoms with E-state index in [2.05, 4.69) is 22.1 Å². The van der Waals surface area contributed by atoms with E-state index >= 15 is 0 Å². The molecule has 0 saturated carbocycles. The van der Waals surface area contributed by atoms with Crippen molar-refractivity contribution in [3.8, 4) is 28.1 Å². The van der Waals surface area contributed by atoms with Crippen LogP contribution in [0.1, 0.15) is 0 Å². The quantitative estimate of drug-likeness (QED) is 0.565. The maximum Gasteiger partial charge on any atom is 0.115 e. The molecule has 4 rings (SSSR count). The highest BCUT2D eigenvalue weighted by molar-refractivity contribution is 6.03. The molecule has 3 heteroatoms. The Labute approximate surface area is 127 Å². The molecule has 22 heavy (non-hydrogen) atoms. The van der Waals surface area contributed by atoms with E-state index in [-0.39, 0.29) is 5.75 Å². The molecule has 3 nitrogen and oxygen atoms in total. The fourth-order valence-electron chi connectivity index (χ4n) is 2.80. The Morgan fingerprint density at radius 1 is 0.818 bits per heavy atom. The molecular formula is C19H14N2O. The van der Waals surface area contributed by atoms with Crippen molar-refractivity contribution in [1.29, 1.82) is 0 Å². The molecule has 106 valence electrons. The smallest absolute Gasteiger partial charge is 0.115 e. The number of para-hydroxylation sites is 1. The summed E-state index contributed by atoms with van der Waals surface area (Å²) in [6, 6.07) is 19.5. The first-order chi connectivity index (χ1) is 10.8. The lowest BCUT2D eigenvalue weighted by atomic mass is 9.99. The van der Waals surface area contributed by atoms with Crippen molar-refractivity contribution < 1.29 is 5.11 Å². The van der Waals surface area contributed by atoms with E-state index in [1.807, 2.05) is 42.6 Å². The number of hydrogen-bond donors (Lipinski definition) is 2. The summed E-state index contributed by atoms with van der Waals surface area (Å²) < 4.78 is 0. The van der Waals surface area contributed by atoms with Crippen LogP contribution in [0.4, 0.5) is 0 Å². The Morgan fingerprint density at radius 3 is 2.41 bits per heavy atom. The molecule has 0 aliphatic rings. The highest BCUT2D eigenvalue weighted by atomic mass is 16.3. The molecule has 2 aromatic heterocycles. The summed E-state index contributed by atoms with van der Waals surface area (Å²) in [7, 11) is 0. The van der Waals surface area contributed by atoms with E-state index in [9.17, 15) is 5.11 Å². The lowest BCUT2D eigenvalue weighted by Crippen LogP contribution is -1.83. The maximum atomic E-state index is 9.54. The summed E-state index contributed by atoms with van der Waals surface area (Å²) in [4.78, 5) is 7.71. The summed E-state index contributed by atoms with van der Waals surface area (Å²) in [5.74, 6) is 0.270. The molecule has 2 N–H and O–H groups in total. The number of fused-ring (bicyclic) bond motifs is 1. The molecular weight excluding hydrogens is 272 g/mol. The predicted molar refractivity (Wildman–Crippen MR) is 88.6 cm³/mol. The van der Waals surface area contributed by atoms with Gasteiger partial charge in [0.1, 0.15) is 5.75 Å². The van der Waals surface area contributed by atoms with Crippen molar-refractivity contribution in [2.45, 2.75) is 0 Å². The van der Waals surface area contributed by atoms with Gasteiger partial charge < -0.3 is 10.1 Å². The highest BCUT2D eigenvalue weighted by Crippen LogP contribution is 2.38. The number of benzene rings is 2. The maximum absolute atomic E-state index is 9.54. The van der Waals surface area contributed by atoms with Crippen LogP contribution < -0.4 is 0 Å². The number of nitrogens with one attached hydrogen (secondary N) is 1. The number of aromatic nitrogens is 2. The molecule has 0 fully saturated rings. The third-order valence-corrected chi connectivity index (χ3v) is 3.81. The number of rotatable bonds is 2. The fraction of sp³-hybridized carbons (Fsp3) is 0. The monoisotopic (exact) mass is 286 g/mol. The van der Waals surface area contributed by atoms with Gasteiger partial charge in [0.2, 0.25) is 0 Å². The van der Waals surface area contributed by atoms with Crippen molar-refractivity contribution in [2.24, 2.45) is 0 Å². The largest absolute Gasteiger partial charge is 0.508 e. The third kappa shape index (κ3) is 2.04. The number of aromatic hydroxyl groups is 1. The van der Waals surface area contributed by atoms with Crippen LogP contribution >= 0.6 is 0 Å². The van der Waals surface area contributed by atoms with E-state index in [0.29, 0.717) is 0 Å². The van der Waals surface area contributed by atoms with Gasteiger partial charge in [-0.1, -0.05) is 30.3 Å². The lowest BCUT2D eigenvalue weighted by Gasteiger charge is -2.05. The average Bonchev–Trinajstić information content (AvgIpc) is 2.96. The van der Waals surface area contributed by atoms with Gasteiger partial charge in [0.15, 0.2) is 0 Å². The fourth-order valence-corrected chi connectivity index (χ4v) is 2.80. The summed E-state index contributed by atoms with van der Waals surface area (Å²) in [6.07, 6.45) is 3.63. The SMILES string of the molecule is Oc1ccc(-c2c(-c3cccnc3)[nH]c3ccccc23)cc1. The van der Waals surface area contributed by atoms with E-state index in [1.165, 1.54) is 0 Å². The first-order valence-corrected chi connectivity index (χ1v) is 7.13. The minimum atomic E-state index is 0.270. The minimum absolute atomic E-state index is 0.270. The van der Waals surface area contributed by atoms with E-state index in [0.717, 1.165) is 33.3 Å². The molecule has 0 saturated heterocycles. The second kappa shape index (κ2) is 5.04. The number of aromatic amines is 1. The Hall–Kier alpha value is -3.07. The lowest BCUT2D eigenvalue weighted by molar-refractivity contribution is 0.475. The Balaban J connectivity index is 2.04. The van der Waals surface area contributed by atoms with Gasteiger partial charge in [-0.2, -0.15) is 0 Å². The topological polar surface area (TPSA) is 48.9 Å². The number of pyridine rings is 1. The van der Waals surface area contributed by atoms with Crippen LogP contribution in [-0.4, -0.2) is 15.1 Å². The zero-order chi connectivity index (χ0) is 14.9. The van der Waals surface area contributed by atoms with Crippen molar-refractivity contribution in [2.75, 3.05) is 0 Å². The van der Waals surface area contributed by atoms with E-state index in [4.69, 9.17) is 0 Å². The zero-order valence-corrected chi connectivity index (χ0v) is 11.8. The number of phenols is 1. The summed E-state index contributed by atoms with van der Waals surface area (Å²) in [6.45, 7) is 0. The zero-order valence-electron chi connectivity index (χ0n) is 11.8. The van der Waals surface area contributed by atoms with Crippen LogP contribution in [0.3, 0.4) is 0 Å². The van der Waals surface area contributed by atoms with Crippen LogP contribution in [0.15, 0.2) is 73.1 Å². The molecule has 0 unspecified atom stereocenters. The number of hydrogen-bond acceptors (Lipinski definition) is 2. The van der Waals surface area contributed by atoms with E-state index in [1.54, 1.807) is 18.3 Å². The molecule has 0 aliphatic heterocycles. The number of nitrogens with zero attached hydrogens (tertiary/aromatic N) is 1. The first-order valence-electron chi connectivity index (χ1n) is 7.13. The normalized spacial score (nSPS) is 10.9. The van der Waals surface area contributed by atoms with Crippen LogP contribution in [0.5, 0.6) is 5.75 Å². The van der Waals surface area contributed by atoms with Gasteiger partial charge in [-0.25, -0.2) is 0 Å². The minimum Gasteiger partial charge on any atom is -0.508 e. The van der Waals surface area contributed by atoms with Crippen molar-refractivity contribution >= 4 is 10.9 Å². The predicted octanol–water partition coefficient (Wildman–Crippen LogP) is 4.60. The van der Waals surface area contributed by atoms with Gasteiger partial charge in [-0.05, 0) is 35.9 Å². The third-order valence-electron chi connectivity index (χ3n) is 3.81. The summed E-state index contributed by atoms with van der Waals surface area (Å²) >= 11 is 0. The first kappa shape index (κ1) is 12.7. The highest BCUT2D eigenvalue weighted by Gasteiger charge is 2.14. The molecule has 2 aromatic carbocycles. The van der Waals surface area contributed by atoms with Gasteiger partial charge in [0.25, 0.3) is 0 Å². The summed E-state index contributed by atoms with van der Waals surface area (Å²) in [5.41, 5.74) is 5.36. The molecule has 0 amide bonds. The van der Waals surface area contributed by atoms with Crippen LogP contribution in [0.25, 0.3) is 33.3 Å². The van der Waals surface area contributed by atoms with Crippen LogP contribution in [0.2, 0.25) is 0 Å².